The summed E-state index contributed by atoms with van der Waals surface area (Å²) in [5.74, 6) is 6.56. The van der Waals surface area contributed by atoms with E-state index in [1.165, 1.54) is 12.8 Å². The molecule has 0 aliphatic heterocycles. The first-order valence-electron chi connectivity index (χ1n) is 11.3. The second-order valence-corrected chi connectivity index (χ2v) is 16.9. The SMILES string of the molecule is CC(C)C1CC(Br)CC(C(C)C)C1N[Si](C)(C)C1C(C)C(C)C(C)C1C. The van der Waals surface area contributed by atoms with Crippen LogP contribution in [0.25, 0.3) is 0 Å². The highest BCUT2D eigenvalue weighted by Gasteiger charge is 2.51. The van der Waals surface area contributed by atoms with Gasteiger partial charge in [-0.05, 0) is 65.7 Å². The third-order valence-electron chi connectivity index (χ3n) is 8.68. The van der Waals surface area contributed by atoms with Crippen LogP contribution in [0.1, 0.15) is 68.2 Å². The molecule has 6 unspecified atom stereocenters. The van der Waals surface area contributed by atoms with Crippen LogP contribution in [0.3, 0.4) is 0 Å². The monoisotopic (exact) mass is 443 g/mol. The van der Waals surface area contributed by atoms with Crippen molar-refractivity contribution in [3.8, 4) is 0 Å². The first kappa shape index (κ1) is 22.9. The Labute approximate surface area is 174 Å². The number of nitrogens with one attached hydrogen (secondary N) is 1. The summed E-state index contributed by atoms with van der Waals surface area (Å²) in [7, 11) is -1.53. The van der Waals surface area contributed by atoms with Crippen LogP contribution in [0.2, 0.25) is 18.6 Å². The van der Waals surface area contributed by atoms with Gasteiger partial charge in [0.05, 0.1) is 0 Å². The van der Waals surface area contributed by atoms with E-state index in [9.17, 15) is 0 Å². The summed E-state index contributed by atoms with van der Waals surface area (Å²) in [5.41, 5.74) is 0.898. The highest BCUT2D eigenvalue weighted by atomic mass is 79.9. The lowest BCUT2D eigenvalue weighted by Gasteiger charge is -2.50. The second-order valence-electron chi connectivity index (χ2n) is 11.2. The van der Waals surface area contributed by atoms with Gasteiger partial charge in [0.15, 0.2) is 0 Å². The molecule has 26 heavy (non-hydrogen) atoms. The molecular weight excluding hydrogens is 398 g/mol. The molecule has 0 saturated heterocycles. The van der Waals surface area contributed by atoms with E-state index in [4.69, 9.17) is 0 Å². The quantitative estimate of drug-likeness (QED) is 0.350. The Morgan fingerprint density at radius 1 is 0.769 bits per heavy atom. The third kappa shape index (κ3) is 4.45. The van der Waals surface area contributed by atoms with Gasteiger partial charge in [0, 0.05) is 10.9 Å². The van der Waals surface area contributed by atoms with Gasteiger partial charge in [0.2, 0.25) is 0 Å². The van der Waals surface area contributed by atoms with E-state index >= 15 is 0 Å². The zero-order valence-corrected chi connectivity index (χ0v) is 21.7. The predicted molar refractivity (Wildman–Crippen MR) is 123 cm³/mol. The molecule has 1 nitrogen and oxygen atoms in total. The lowest BCUT2D eigenvalue weighted by Crippen LogP contribution is -2.62. The zero-order valence-electron chi connectivity index (χ0n) is 19.1. The average molecular weight is 445 g/mol. The van der Waals surface area contributed by atoms with Gasteiger partial charge < -0.3 is 4.98 Å². The van der Waals surface area contributed by atoms with Crippen molar-refractivity contribution in [1.82, 2.24) is 4.98 Å². The van der Waals surface area contributed by atoms with Crippen molar-refractivity contribution in [2.24, 2.45) is 47.3 Å². The number of hydrogen-bond donors (Lipinski definition) is 1. The fourth-order valence-corrected chi connectivity index (χ4v) is 12.4. The molecule has 2 aliphatic rings. The Balaban J connectivity index is 2.28. The van der Waals surface area contributed by atoms with Crippen molar-refractivity contribution >= 4 is 24.2 Å². The average Bonchev–Trinajstić information content (AvgIpc) is 2.72. The number of halogens is 1. The molecule has 0 aromatic rings. The van der Waals surface area contributed by atoms with Crippen LogP contribution in [0.15, 0.2) is 0 Å². The summed E-state index contributed by atoms with van der Waals surface area (Å²) in [6.07, 6.45) is 2.68. The molecule has 0 aromatic heterocycles. The molecule has 0 bridgehead atoms. The molecule has 0 aromatic carbocycles. The van der Waals surface area contributed by atoms with Gasteiger partial charge in [-0.25, -0.2) is 0 Å². The number of rotatable bonds is 5. The van der Waals surface area contributed by atoms with E-state index in [2.05, 4.69) is 89.4 Å². The summed E-state index contributed by atoms with van der Waals surface area (Å²) in [6.45, 7) is 25.2. The van der Waals surface area contributed by atoms with Crippen molar-refractivity contribution in [2.45, 2.75) is 97.7 Å². The Bertz CT molecular complexity index is 431. The first-order chi connectivity index (χ1) is 11.9. The Morgan fingerprint density at radius 3 is 1.50 bits per heavy atom. The lowest BCUT2D eigenvalue weighted by molar-refractivity contribution is 0.132. The normalized spacial score (nSPS) is 44.9. The topological polar surface area (TPSA) is 12.0 Å². The van der Waals surface area contributed by atoms with Crippen LogP contribution >= 0.6 is 15.9 Å². The summed E-state index contributed by atoms with van der Waals surface area (Å²) in [6, 6.07) is 0.705. The molecule has 2 fully saturated rings. The highest BCUT2D eigenvalue weighted by molar-refractivity contribution is 9.09. The first-order valence-corrected chi connectivity index (χ1v) is 15.3. The molecule has 3 heteroatoms. The molecule has 154 valence electrons. The van der Waals surface area contributed by atoms with E-state index in [0.717, 1.165) is 52.9 Å². The molecule has 0 heterocycles. The minimum Gasteiger partial charge on any atom is -0.334 e. The molecular formula is C23H46BrNSi. The molecule has 0 spiro atoms. The maximum atomic E-state index is 4.44. The van der Waals surface area contributed by atoms with Crippen molar-refractivity contribution in [2.75, 3.05) is 0 Å². The summed E-state index contributed by atoms with van der Waals surface area (Å²) >= 11 is 4.00. The number of alkyl halides is 1. The lowest BCUT2D eigenvalue weighted by atomic mass is 9.69. The second kappa shape index (κ2) is 8.57. The molecule has 2 saturated carbocycles. The van der Waals surface area contributed by atoms with Gasteiger partial charge in [0.1, 0.15) is 8.24 Å². The standard InChI is InChI=1S/C23H46BrNSi/c1-13(2)20-11-19(24)12-21(14(3)4)22(20)25-26(9,10)23-17(7)15(5)16(6)18(23)8/h13-23,25H,11-12H2,1-10H3. The van der Waals surface area contributed by atoms with Gasteiger partial charge in [-0.15, -0.1) is 0 Å². The van der Waals surface area contributed by atoms with E-state index in [1.54, 1.807) is 0 Å². The maximum Gasteiger partial charge on any atom is 0.123 e. The third-order valence-corrected chi connectivity index (χ3v) is 13.2. The Morgan fingerprint density at radius 2 is 1.15 bits per heavy atom. The molecule has 2 rings (SSSR count). The minimum atomic E-state index is -1.53. The zero-order chi connectivity index (χ0) is 20.0. The summed E-state index contributed by atoms with van der Waals surface area (Å²) in [5, 5.41) is 0. The van der Waals surface area contributed by atoms with Crippen molar-refractivity contribution in [3.63, 3.8) is 0 Å². The van der Waals surface area contributed by atoms with Gasteiger partial charge in [0.25, 0.3) is 0 Å². The van der Waals surface area contributed by atoms with Crippen LogP contribution in [0.4, 0.5) is 0 Å². The van der Waals surface area contributed by atoms with Crippen molar-refractivity contribution in [3.05, 3.63) is 0 Å². The van der Waals surface area contributed by atoms with E-state index < -0.39 is 8.24 Å². The van der Waals surface area contributed by atoms with Crippen LogP contribution in [-0.2, 0) is 0 Å². The summed E-state index contributed by atoms with van der Waals surface area (Å²) in [4.78, 5) is 5.14. The highest BCUT2D eigenvalue weighted by Crippen LogP contribution is 2.53. The van der Waals surface area contributed by atoms with Crippen LogP contribution in [0.5, 0.6) is 0 Å². The number of hydrogen-bond acceptors (Lipinski definition) is 1. The molecule has 0 amide bonds. The van der Waals surface area contributed by atoms with Crippen molar-refractivity contribution in [1.29, 1.82) is 0 Å². The van der Waals surface area contributed by atoms with E-state index in [0.29, 0.717) is 10.9 Å². The van der Waals surface area contributed by atoms with Crippen LogP contribution in [-0.4, -0.2) is 19.1 Å². The molecule has 2 aliphatic carbocycles. The fraction of sp³-hybridized carbons (Fsp3) is 1.00. The van der Waals surface area contributed by atoms with E-state index in [1.807, 2.05) is 0 Å². The van der Waals surface area contributed by atoms with Crippen molar-refractivity contribution < 1.29 is 0 Å². The van der Waals surface area contributed by atoms with Gasteiger partial charge >= 0.3 is 0 Å². The molecule has 0 radical (unpaired) electrons. The Kier molecular flexibility index (Phi) is 7.56. The predicted octanol–water partition coefficient (Wildman–Crippen LogP) is 7.18. The van der Waals surface area contributed by atoms with E-state index in [-0.39, 0.29) is 0 Å². The van der Waals surface area contributed by atoms with Gasteiger partial charge in [-0.1, -0.05) is 84.4 Å². The largest absolute Gasteiger partial charge is 0.334 e. The minimum absolute atomic E-state index is 0.703. The molecule has 6 atom stereocenters. The fourth-order valence-electron chi connectivity index (χ4n) is 6.82. The summed E-state index contributed by atoms with van der Waals surface area (Å²) < 4.78 is 0. The maximum absolute atomic E-state index is 4.44. The van der Waals surface area contributed by atoms with Crippen LogP contribution < -0.4 is 4.98 Å². The van der Waals surface area contributed by atoms with Gasteiger partial charge in [-0.2, -0.15) is 0 Å². The smallest absolute Gasteiger partial charge is 0.123 e. The van der Waals surface area contributed by atoms with Gasteiger partial charge in [-0.3, -0.25) is 0 Å². The Hall–Kier alpha value is 0.657. The molecule has 1 N–H and O–H groups in total. The van der Waals surface area contributed by atoms with Crippen LogP contribution in [0, 0.1) is 47.3 Å².